The lowest BCUT2D eigenvalue weighted by atomic mass is 10.2. The Hall–Kier alpha value is -3.88. The summed E-state index contributed by atoms with van der Waals surface area (Å²) < 4.78 is 33.6. The van der Waals surface area contributed by atoms with Crippen molar-refractivity contribution in [1.82, 2.24) is 4.98 Å². The lowest BCUT2D eigenvalue weighted by Gasteiger charge is -2.11. The van der Waals surface area contributed by atoms with Gasteiger partial charge < -0.3 is 10.1 Å². The SMILES string of the molecule is O=C(Nc1ccc(Oc2ccncc2)cc1)c1cccc(S(=O)(=O)Nc2ccccc2Cl)c1. The molecule has 1 amide bonds. The van der Waals surface area contributed by atoms with Crippen LogP contribution in [0.5, 0.6) is 11.5 Å². The van der Waals surface area contributed by atoms with Gasteiger partial charge in [0, 0.05) is 23.6 Å². The van der Waals surface area contributed by atoms with Crippen molar-refractivity contribution in [2.75, 3.05) is 10.0 Å². The van der Waals surface area contributed by atoms with Gasteiger partial charge in [0.1, 0.15) is 11.5 Å². The quantitative estimate of drug-likeness (QED) is 0.360. The molecule has 2 N–H and O–H groups in total. The van der Waals surface area contributed by atoms with E-state index < -0.39 is 15.9 Å². The molecule has 1 heterocycles. The smallest absolute Gasteiger partial charge is 0.261 e. The highest BCUT2D eigenvalue weighted by Crippen LogP contribution is 2.25. The molecule has 4 aromatic rings. The molecule has 0 saturated heterocycles. The van der Waals surface area contributed by atoms with Gasteiger partial charge in [-0.2, -0.15) is 0 Å². The number of halogens is 1. The summed E-state index contributed by atoms with van der Waals surface area (Å²) >= 11 is 6.04. The first-order valence-corrected chi connectivity index (χ1v) is 11.6. The van der Waals surface area contributed by atoms with Gasteiger partial charge in [0.25, 0.3) is 15.9 Å². The topological polar surface area (TPSA) is 97.4 Å². The van der Waals surface area contributed by atoms with Gasteiger partial charge in [-0.05, 0) is 66.7 Å². The number of aromatic nitrogens is 1. The van der Waals surface area contributed by atoms with Crippen molar-refractivity contribution in [2.24, 2.45) is 0 Å². The van der Waals surface area contributed by atoms with Crippen LogP contribution < -0.4 is 14.8 Å². The molecule has 33 heavy (non-hydrogen) atoms. The molecule has 0 bridgehead atoms. The molecule has 7 nitrogen and oxygen atoms in total. The minimum Gasteiger partial charge on any atom is -0.457 e. The summed E-state index contributed by atoms with van der Waals surface area (Å²) in [5, 5.41) is 3.02. The van der Waals surface area contributed by atoms with E-state index in [0.717, 1.165) is 0 Å². The van der Waals surface area contributed by atoms with E-state index >= 15 is 0 Å². The molecule has 0 atom stereocenters. The number of carbonyl (C=O) groups is 1. The molecule has 0 radical (unpaired) electrons. The molecule has 0 fully saturated rings. The molecule has 166 valence electrons. The summed E-state index contributed by atoms with van der Waals surface area (Å²) in [5.74, 6) is 0.788. The Labute approximate surface area is 196 Å². The highest BCUT2D eigenvalue weighted by molar-refractivity contribution is 7.92. The fourth-order valence-corrected chi connectivity index (χ4v) is 4.27. The Kier molecular flexibility index (Phi) is 6.58. The molecule has 0 unspecified atom stereocenters. The van der Waals surface area contributed by atoms with Crippen LogP contribution in [0.4, 0.5) is 11.4 Å². The molecular weight excluding hydrogens is 462 g/mol. The van der Waals surface area contributed by atoms with Gasteiger partial charge in [-0.1, -0.05) is 29.8 Å². The third-order valence-electron chi connectivity index (χ3n) is 4.52. The highest BCUT2D eigenvalue weighted by Gasteiger charge is 2.18. The number of ether oxygens (including phenoxy) is 1. The number of carbonyl (C=O) groups excluding carboxylic acids is 1. The van der Waals surface area contributed by atoms with Gasteiger partial charge in [0.2, 0.25) is 0 Å². The molecule has 1 aromatic heterocycles. The third kappa shape index (κ3) is 5.68. The maximum absolute atomic E-state index is 12.8. The standard InChI is InChI=1S/C24H18ClN3O4S/c25-22-6-1-2-7-23(22)28-33(30,31)21-5-3-4-17(16-21)24(29)27-18-8-10-19(11-9-18)32-20-12-14-26-15-13-20/h1-16,28H,(H,27,29). The van der Waals surface area contributed by atoms with Crippen LogP contribution in [0, 0.1) is 0 Å². The van der Waals surface area contributed by atoms with Crippen LogP contribution in [0.2, 0.25) is 5.02 Å². The second kappa shape index (κ2) is 9.72. The molecule has 0 aliphatic heterocycles. The van der Waals surface area contributed by atoms with Gasteiger partial charge in [-0.15, -0.1) is 0 Å². The predicted molar refractivity (Wildman–Crippen MR) is 127 cm³/mol. The zero-order valence-corrected chi connectivity index (χ0v) is 18.7. The van der Waals surface area contributed by atoms with E-state index in [1.54, 1.807) is 73.1 Å². The van der Waals surface area contributed by atoms with Crippen molar-refractivity contribution >= 4 is 38.9 Å². The van der Waals surface area contributed by atoms with Gasteiger partial charge in [-0.25, -0.2) is 8.42 Å². The number of para-hydroxylation sites is 1. The van der Waals surface area contributed by atoms with Crippen molar-refractivity contribution in [2.45, 2.75) is 4.90 Å². The first kappa shape index (κ1) is 22.3. The van der Waals surface area contributed by atoms with E-state index in [2.05, 4.69) is 15.0 Å². The van der Waals surface area contributed by atoms with Crippen molar-refractivity contribution in [1.29, 1.82) is 0 Å². The minimum atomic E-state index is -3.94. The fraction of sp³-hybridized carbons (Fsp3) is 0. The first-order chi connectivity index (χ1) is 15.9. The molecular formula is C24H18ClN3O4S. The normalized spacial score (nSPS) is 10.9. The van der Waals surface area contributed by atoms with Gasteiger partial charge in [0.05, 0.1) is 15.6 Å². The number of sulfonamides is 1. The largest absolute Gasteiger partial charge is 0.457 e. The third-order valence-corrected chi connectivity index (χ3v) is 6.22. The number of hydrogen-bond donors (Lipinski definition) is 2. The summed E-state index contributed by atoms with van der Waals surface area (Å²) in [6.45, 7) is 0. The molecule has 0 aliphatic rings. The van der Waals surface area contributed by atoms with Crippen LogP contribution >= 0.6 is 11.6 Å². The van der Waals surface area contributed by atoms with E-state index in [1.807, 2.05) is 0 Å². The number of benzene rings is 3. The number of amides is 1. The monoisotopic (exact) mass is 479 g/mol. The molecule has 0 saturated carbocycles. The molecule has 9 heteroatoms. The summed E-state index contributed by atoms with van der Waals surface area (Å²) in [6, 6.07) is 22.5. The Morgan fingerprint density at radius 1 is 0.848 bits per heavy atom. The minimum absolute atomic E-state index is 0.0591. The second-order valence-electron chi connectivity index (χ2n) is 6.88. The summed E-state index contributed by atoms with van der Waals surface area (Å²) in [7, 11) is -3.94. The Morgan fingerprint density at radius 2 is 1.55 bits per heavy atom. The van der Waals surface area contributed by atoms with Crippen LogP contribution in [0.15, 0.2) is 102 Å². The van der Waals surface area contributed by atoms with Crippen LogP contribution in [-0.4, -0.2) is 19.3 Å². The Bertz CT molecular complexity index is 1380. The molecule has 3 aromatic carbocycles. The number of hydrogen-bond acceptors (Lipinski definition) is 5. The summed E-state index contributed by atoms with van der Waals surface area (Å²) in [6.07, 6.45) is 3.25. The number of pyridine rings is 1. The number of nitrogens with one attached hydrogen (secondary N) is 2. The average molecular weight is 480 g/mol. The van der Waals surface area contributed by atoms with Crippen LogP contribution in [0.3, 0.4) is 0 Å². The second-order valence-corrected chi connectivity index (χ2v) is 8.97. The Balaban J connectivity index is 1.46. The van der Waals surface area contributed by atoms with Crippen molar-refractivity contribution in [3.05, 3.63) is 108 Å². The van der Waals surface area contributed by atoms with Crippen LogP contribution in [0.25, 0.3) is 0 Å². The van der Waals surface area contributed by atoms with Crippen molar-refractivity contribution in [3.63, 3.8) is 0 Å². The van der Waals surface area contributed by atoms with Gasteiger partial charge >= 0.3 is 0 Å². The first-order valence-electron chi connectivity index (χ1n) is 9.77. The lowest BCUT2D eigenvalue weighted by Crippen LogP contribution is -2.16. The van der Waals surface area contributed by atoms with Crippen LogP contribution in [-0.2, 0) is 10.0 Å². The van der Waals surface area contributed by atoms with E-state index in [1.165, 1.54) is 24.3 Å². The zero-order valence-electron chi connectivity index (χ0n) is 17.1. The van der Waals surface area contributed by atoms with E-state index in [4.69, 9.17) is 16.3 Å². The number of nitrogens with zero attached hydrogens (tertiary/aromatic N) is 1. The van der Waals surface area contributed by atoms with Gasteiger partial charge in [-0.3, -0.25) is 14.5 Å². The maximum atomic E-state index is 12.8. The summed E-state index contributed by atoms with van der Waals surface area (Å²) in [4.78, 5) is 16.6. The lowest BCUT2D eigenvalue weighted by molar-refractivity contribution is 0.102. The molecule has 0 spiro atoms. The number of anilines is 2. The average Bonchev–Trinajstić information content (AvgIpc) is 2.82. The van der Waals surface area contributed by atoms with E-state index in [0.29, 0.717) is 17.2 Å². The molecule has 4 rings (SSSR count). The van der Waals surface area contributed by atoms with Crippen LogP contribution in [0.1, 0.15) is 10.4 Å². The fourth-order valence-electron chi connectivity index (χ4n) is 2.90. The van der Waals surface area contributed by atoms with Crippen molar-refractivity contribution in [3.8, 4) is 11.5 Å². The van der Waals surface area contributed by atoms with E-state index in [9.17, 15) is 13.2 Å². The van der Waals surface area contributed by atoms with E-state index in [-0.39, 0.29) is 21.2 Å². The maximum Gasteiger partial charge on any atom is 0.261 e. The van der Waals surface area contributed by atoms with Gasteiger partial charge in [0.15, 0.2) is 0 Å². The number of rotatable bonds is 7. The summed E-state index contributed by atoms with van der Waals surface area (Å²) in [5.41, 5.74) is 0.974. The Morgan fingerprint density at radius 3 is 2.27 bits per heavy atom. The van der Waals surface area contributed by atoms with Crippen molar-refractivity contribution < 1.29 is 17.9 Å². The zero-order chi connectivity index (χ0) is 23.3. The predicted octanol–water partition coefficient (Wildman–Crippen LogP) is 5.58. The molecule has 0 aliphatic carbocycles. The highest BCUT2D eigenvalue weighted by atomic mass is 35.5.